The minimum absolute atomic E-state index is 0.00669. The maximum Gasteiger partial charge on any atom is 0.418 e. The molecule has 0 aliphatic heterocycles. The SMILES string of the molecule is Cc1ccc(S(=O)(=O)n2c(C(=O)/C(C#N)=C/N(C)C)cc3ccc(-c4ncccc4C(F)(F)F)cc32)cc1. The first-order valence-electron chi connectivity index (χ1n) is 11.2. The van der Waals surface area contributed by atoms with Crippen molar-refractivity contribution in [2.75, 3.05) is 14.1 Å². The largest absolute Gasteiger partial charge is 0.418 e. The minimum Gasteiger partial charge on any atom is -0.382 e. The van der Waals surface area contributed by atoms with Crippen LogP contribution in [-0.2, 0) is 16.2 Å². The van der Waals surface area contributed by atoms with Crippen LogP contribution in [0.4, 0.5) is 13.2 Å². The Morgan fingerprint density at radius 1 is 1.08 bits per heavy atom. The predicted octanol–water partition coefficient (Wildman–Crippen LogP) is 5.42. The van der Waals surface area contributed by atoms with Crippen LogP contribution in [0.25, 0.3) is 22.2 Å². The van der Waals surface area contributed by atoms with Crippen molar-refractivity contribution in [3.8, 4) is 17.3 Å². The molecule has 194 valence electrons. The Morgan fingerprint density at radius 3 is 2.37 bits per heavy atom. The molecule has 0 N–H and O–H groups in total. The zero-order chi connectivity index (χ0) is 27.8. The van der Waals surface area contributed by atoms with Gasteiger partial charge in [0.1, 0.15) is 17.3 Å². The number of hydrogen-bond donors (Lipinski definition) is 0. The van der Waals surface area contributed by atoms with Gasteiger partial charge in [0, 0.05) is 37.4 Å². The fraction of sp³-hybridized carbons (Fsp3) is 0.148. The number of ketones is 1. The Labute approximate surface area is 217 Å². The molecule has 2 aromatic heterocycles. The van der Waals surface area contributed by atoms with E-state index in [4.69, 9.17) is 0 Å². The van der Waals surface area contributed by atoms with Gasteiger partial charge in [0.2, 0.25) is 5.78 Å². The van der Waals surface area contributed by atoms with E-state index in [0.29, 0.717) is 0 Å². The summed E-state index contributed by atoms with van der Waals surface area (Å²) < 4.78 is 69.5. The minimum atomic E-state index is -4.70. The molecule has 0 spiro atoms. The number of pyridine rings is 1. The smallest absolute Gasteiger partial charge is 0.382 e. The van der Waals surface area contributed by atoms with Gasteiger partial charge in [0.05, 0.1) is 21.7 Å². The van der Waals surface area contributed by atoms with Crippen molar-refractivity contribution in [1.29, 1.82) is 5.26 Å². The molecule has 11 heteroatoms. The highest BCUT2D eigenvalue weighted by atomic mass is 32.2. The zero-order valence-electron chi connectivity index (χ0n) is 20.5. The molecule has 0 unspecified atom stereocenters. The molecule has 4 aromatic rings. The Kier molecular flexibility index (Phi) is 6.86. The Morgan fingerprint density at radius 2 is 1.76 bits per heavy atom. The number of hydrogen-bond acceptors (Lipinski definition) is 6. The van der Waals surface area contributed by atoms with Gasteiger partial charge >= 0.3 is 6.18 Å². The average molecular weight is 539 g/mol. The Hall–Kier alpha value is -4.43. The second-order valence-corrected chi connectivity index (χ2v) is 10.5. The fourth-order valence-corrected chi connectivity index (χ4v) is 5.46. The molecule has 2 heterocycles. The third kappa shape index (κ3) is 4.90. The summed E-state index contributed by atoms with van der Waals surface area (Å²) >= 11 is 0. The number of nitrogens with zero attached hydrogens (tertiary/aromatic N) is 4. The molecular formula is C27H21F3N4O3S. The number of fused-ring (bicyclic) bond motifs is 1. The third-order valence-electron chi connectivity index (χ3n) is 5.69. The fourth-order valence-electron chi connectivity index (χ4n) is 3.96. The lowest BCUT2D eigenvalue weighted by Crippen LogP contribution is -2.20. The van der Waals surface area contributed by atoms with Gasteiger partial charge in [0.25, 0.3) is 10.0 Å². The van der Waals surface area contributed by atoms with E-state index in [1.165, 1.54) is 53.7 Å². The van der Waals surface area contributed by atoms with Crippen LogP contribution in [0.2, 0.25) is 0 Å². The second-order valence-electron chi connectivity index (χ2n) is 8.73. The van der Waals surface area contributed by atoms with Crippen LogP contribution < -0.4 is 0 Å². The molecule has 0 aliphatic rings. The highest BCUT2D eigenvalue weighted by Crippen LogP contribution is 2.37. The number of benzene rings is 2. The molecule has 0 bridgehead atoms. The van der Waals surface area contributed by atoms with E-state index in [1.54, 1.807) is 39.2 Å². The summed E-state index contributed by atoms with van der Waals surface area (Å²) in [7, 11) is -1.22. The molecule has 0 saturated carbocycles. The van der Waals surface area contributed by atoms with Gasteiger partial charge in [-0.25, -0.2) is 12.4 Å². The Bertz CT molecular complexity index is 1730. The number of halogens is 3. The highest BCUT2D eigenvalue weighted by molar-refractivity contribution is 7.90. The third-order valence-corrected chi connectivity index (χ3v) is 7.43. The molecular weight excluding hydrogens is 517 g/mol. The van der Waals surface area contributed by atoms with E-state index in [0.717, 1.165) is 21.7 Å². The predicted molar refractivity (Wildman–Crippen MR) is 136 cm³/mol. The highest BCUT2D eigenvalue weighted by Gasteiger charge is 2.35. The van der Waals surface area contributed by atoms with Crippen molar-refractivity contribution in [1.82, 2.24) is 13.9 Å². The molecule has 0 amide bonds. The number of Topliss-reactive ketones (excluding diaryl/α,β-unsaturated/α-hetero) is 1. The van der Waals surface area contributed by atoms with Gasteiger partial charge in [-0.15, -0.1) is 0 Å². The number of alkyl halides is 3. The maximum atomic E-state index is 13.9. The van der Waals surface area contributed by atoms with Gasteiger partial charge < -0.3 is 4.90 Å². The number of aromatic nitrogens is 2. The first-order valence-corrected chi connectivity index (χ1v) is 12.6. The number of nitriles is 1. The zero-order valence-corrected chi connectivity index (χ0v) is 21.3. The summed E-state index contributed by atoms with van der Waals surface area (Å²) in [4.78, 5) is 18.6. The number of carbonyl (C=O) groups excluding carboxylic acids is 1. The van der Waals surface area contributed by atoms with E-state index in [2.05, 4.69) is 4.98 Å². The van der Waals surface area contributed by atoms with E-state index in [9.17, 15) is 31.6 Å². The molecule has 0 atom stereocenters. The van der Waals surface area contributed by atoms with E-state index in [-0.39, 0.29) is 38.3 Å². The molecule has 0 saturated heterocycles. The molecule has 4 rings (SSSR count). The van der Waals surface area contributed by atoms with Crippen LogP contribution in [0.1, 0.15) is 21.6 Å². The lowest BCUT2D eigenvalue weighted by atomic mass is 10.0. The quantitative estimate of drug-likeness (QED) is 0.185. The molecule has 0 radical (unpaired) electrons. The normalized spacial score (nSPS) is 12.4. The molecule has 0 fully saturated rings. The van der Waals surface area contributed by atoms with Crippen LogP contribution in [0, 0.1) is 18.3 Å². The average Bonchev–Trinajstić information content (AvgIpc) is 3.26. The van der Waals surface area contributed by atoms with Crippen LogP contribution in [0.5, 0.6) is 0 Å². The summed E-state index contributed by atoms with van der Waals surface area (Å²) in [5.41, 5.74) is -1.25. The van der Waals surface area contributed by atoms with Gasteiger partial charge in [-0.1, -0.05) is 29.8 Å². The summed E-state index contributed by atoms with van der Waals surface area (Å²) in [6.07, 6.45) is -2.23. The lowest BCUT2D eigenvalue weighted by molar-refractivity contribution is -0.137. The molecule has 0 aliphatic carbocycles. The van der Waals surface area contributed by atoms with Crippen molar-refractivity contribution >= 4 is 26.7 Å². The van der Waals surface area contributed by atoms with Crippen molar-refractivity contribution in [2.45, 2.75) is 18.0 Å². The standard InChI is InChI=1S/C27H21F3N4O3S/c1-17-6-10-21(11-7-17)38(36,37)34-23-14-19(25-22(27(28,29)30)5-4-12-32-25)9-8-18(23)13-24(34)26(35)20(15-31)16-33(2)3/h4-14,16H,1-3H3/b20-16+. The molecule has 7 nitrogen and oxygen atoms in total. The second kappa shape index (κ2) is 9.79. The number of carbonyl (C=O) groups is 1. The van der Waals surface area contributed by atoms with Crippen LogP contribution >= 0.6 is 0 Å². The van der Waals surface area contributed by atoms with E-state index >= 15 is 0 Å². The number of rotatable bonds is 6. The Balaban J connectivity index is 2.06. The van der Waals surface area contributed by atoms with Crippen molar-refractivity contribution < 1.29 is 26.4 Å². The summed E-state index contributed by atoms with van der Waals surface area (Å²) in [6, 6.07) is 15.1. The summed E-state index contributed by atoms with van der Waals surface area (Å²) in [6.45, 7) is 1.78. The van der Waals surface area contributed by atoms with Crippen LogP contribution in [-0.4, -0.2) is 42.2 Å². The maximum absolute atomic E-state index is 13.9. The number of allylic oxidation sites excluding steroid dienone is 1. The van der Waals surface area contributed by atoms with Gasteiger partial charge in [-0.2, -0.15) is 18.4 Å². The van der Waals surface area contributed by atoms with Crippen LogP contribution in [0.15, 0.2) is 83.5 Å². The number of aryl methyl sites for hydroxylation is 1. The van der Waals surface area contributed by atoms with Crippen molar-refractivity contribution in [2.24, 2.45) is 0 Å². The van der Waals surface area contributed by atoms with Crippen molar-refractivity contribution in [3.63, 3.8) is 0 Å². The van der Waals surface area contributed by atoms with E-state index < -0.39 is 27.5 Å². The van der Waals surface area contributed by atoms with Gasteiger partial charge in [-0.05, 0) is 43.3 Å². The van der Waals surface area contributed by atoms with Gasteiger partial charge in [-0.3, -0.25) is 9.78 Å². The monoisotopic (exact) mass is 538 g/mol. The first-order chi connectivity index (χ1) is 17.8. The van der Waals surface area contributed by atoms with E-state index in [1.807, 2.05) is 0 Å². The lowest BCUT2D eigenvalue weighted by Gasteiger charge is -2.14. The van der Waals surface area contributed by atoms with Crippen LogP contribution in [0.3, 0.4) is 0 Å². The van der Waals surface area contributed by atoms with Gasteiger partial charge in [0.15, 0.2) is 0 Å². The summed E-state index contributed by atoms with van der Waals surface area (Å²) in [5.74, 6) is -0.858. The summed E-state index contributed by atoms with van der Waals surface area (Å²) in [5, 5.41) is 9.86. The van der Waals surface area contributed by atoms with Crippen molar-refractivity contribution in [3.05, 3.63) is 95.5 Å². The molecule has 2 aromatic carbocycles. The first kappa shape index (κ1) is 26.6. The molecule has 38 heavy (non-hydrogen) atoms. The topological polar surface area (TPSA) is 96.1 Å².